The van der Waals surface area contributed by atoms with Crippen molar-refractivity contribution < 1.29 is 14.6 Å². The Kier molecular flexibility index (Phi) is 7.29. The number of carbonyl (C=O) groups excluding carboxylic acids is 1. The normalized spacial score (nSPS) is 12.7. The van der Waals surface area contributed by atoms with Gasteiger partial charge in [-0.25, -0.2) is 0 Å². The predicted molar refractivity (Wildman–Crippen MR) is 140 cm³/mol. The Balaban J connectivity index is 0.000000868. The lowest BCUT2D eigenvalue weighted by Gasteiger charge is -2.17. The molecule has 34 heavy (non-hydrogen) atoms. The number of amides is 1. The highest BCUT2D eigenvalue weighted by Crippen LogP contribution is 2.40. The molecule has 178 valence electrons. The average Bonchev–Trinajstić information content (AvgIpc) is 3.43. The van der Waals surface area contributed by atoms with Crippen LogP contribution in [0.1, 0.15) is 23.0 Å². The standard InChI is InChI=1S/C25H25N3O3.C2H5Cl/c1-27(2)11-12-31-17-7-8-21-16(13-17)14-22(26-21)25(30)28-10-9-19-18-5-3-4-6-20(18)24(29)15-23(19)28;1-2-3/h3-8,13-15,26,29H,9-12H2,1-2H3;2H2,1H3. The van der Waals surface area contributed by atoms with Crippen molar-refractivity contribution in [3.63, 3.8) is 0 Å². The molecule has 0 radical (unpaired) electrons. The first kappa shape index (κ1) is 23.9. The van der Waals surface area contributed by atoms with Gasteiger partial charge in [0.25, 0.3) is 5.91 Å². The molecule has 0 bridgehead atoms. The molecule has 0 saturated heterocycles. The van der Waals surface area contributed by atoms with Crippen LogP contribution in [0.15, 0.2) is 54.6 Å². The summed E-state index contributed by atoms with van der Waals surface area (Å²) in [7, 11) is 4.02. The summed E-state index contributed by atoms with van der Waals surface area (Å²) in [5.41, 5.74) is 3.31. The van der Waals surface area contributed by atoms with Crippen molar-refractivity contribution in [3.8, 4) is 11.5 Å². The van der Waals surface area contributed by atoms with Crippen LogP contribution in [0.3, 0.4) is 0 Å². The molecule has 0 aliphatic carbocycles. The highest BCUT2D eigenvalue weighted by molar-refractivity contribution is 6.17. The average molecular weight is 480 g/mol. The van der Waals surface area contributed by atoms with Gasteiger partial charge in [0.15, 0.2) is 0 Å². The minimum atomic E-state index is -0.0975. The number of carbonyl (C=O) groups is 1. The highest BCUT2D eigenvalue weighted by atomic mass is 35.5. The number of phenols is 1. The fourth-order valence-corrected chi connectivity index (χ4v) is 4.27. The zero-order valence-corrected chi connectivity index (χ0v) is 20.5. The Morgan fingerprint density at radius 1 is 1.15 bits per heavy atom. The Bertz CT molecular complexity index is 1320. The second kappa shape index (κ2) is 10.4. The summed E-state index contributed by atoms with van der Waals surface area (Å²) in [5.74, 6) is 1.61. The molecule has 7 heteroatoms. The van der Waals surface area contributed by atoms with Crippen molar-refractivity contribution in [1.29, 1.82) is 0 Å². The maximum Gasteiger partial charge on any atom is 0.274 e. The number of aromatic hydroxyl groups is 1. The maximum absolute atomic E-state index is 13.3. The van der Waals surface area contributed by atoms with Crippen LogP contribution < -0.4 is 9.64 Å². The van der Waals surface area contributed by atoms with Crippen LogP contribution in [0.25, 0.3) is 21.7 Å². The molecule has 0 atom stereocenters. The highest BCUT2D eigenvalue weighted by Gasteiger charge is 2.29. The second-order valence-corrected chi connectivity index (χ2v) is 9.03. The van der Waals surface area contributed by atoms with Crippen molar-refractivity contribution in [2.45, 2.75) is 13.3 Å². The molecule has 2 heterocycles. The molecule has 0 unspecified atom stereocenters. The van der Waals surface area contributed by atoms with Crippen LogP contribution in [0.4, 0.5) is 5.69 Å². The number of nitrogens with zero attached hydrogens (tertiary/aromatic N) is 2. The number of aromatic nitrogens is 1. The van der Waals surface area contributed by atoms with Crippen LogP contribution in [0.5, 0.6) is 11.5 Å². The molecule has 5 rings (SSSR count). The topological polar surface area (TPSA) is 68.8 Å². The maximum atomic E-state index is 13.3. The van der Waals surface area contributed by atoms with E-state index in [2.05, 4.69) is 9.88 Å². The van der Waals surface area contributed by atoms with Crippen molar-refractivity contribution >= 4 is 44.9 Å². The van der Waals surface area contributed by atoms with Gasteiger partial charge in [0.2, 0.25) is 0 Å². The number of halogens is 1. The second-order valence-electron chi connectivity index (χ2n) is 8.50. The van der Waals surface area contributed by atoms with Gasteiger partial charge in [-0.3, -0.25) is 4.79 Å². The van der Waals surface area contributed by atoms with E-state index in [1.165, 1.54) is 0 Å². The molecule has 0 fully saturated rings. The number of ether oxygens (including phenoxy) is 1. The zero-order valence-electron chi connectivity index (χ0n) is 19.8. The van der Waals surface area contributed by atoms with Crippen molar-refractivity contribution in [2.24, 2.45) is 0 Å². The number of rotatable bonds is 5. The van der Waals surface area contributed by atoms with E-state index in [1.807, 2.05) is 69.6 Å². The number of anilines is 1. The molecule has 4 aromatic rings. The van der Waals surface area contributed by atoms with Crippen LogP contribution >= 0.6 is 11.6 Å². The lowest BCUT2D eigenvalue weighted by molar-refractivity contribution is 0.0985. The number of benzene rings is 3. The van der Waals surface area contributed by atoms with Gasteiger partial charge >= 0.3 is 0 Å². The van der Waals surface area contributed by atoms with Gasteiger partial charge in [-0.2, -0.15) is 0 Å². The number of hydrogen-bond acceptors (Lipinski definition) is 4. The van der Waals surface area contributed by atoms with E-state index in [0.717, 1.165) is 57.5 Å². The fraction of sp³-hybridized carbons (Fsp3) is 0.296. The molecular formula is C27H30ClN3O3. The van der Waals surface area contributed by atoms with Gasteiger partial charge in [0.1, 0.15) is 23.8 Å². The number of hydrogen-bond donors (Lipinski definition) is 2. The van der Waals surface area contributed by atoms with Gasteiger partial charge in [-0.1, -0.05) is 31.2 Å². The molecule has 0 saturated carbocycles. The number of phenolic OH excluding ortho intramolecular Hbond substituents is 1. The molecular weight excluding hydrogens is 450 g/mol. The van der Waals surface area contributed by atoms with Gasteiger partial charge in [0.05, 0.1) is 5.69 Å². The van der Waals surface area contributed by atoms with Crippen molar-refractivity contribution in [2.75, 3.05) is 44.6 Å². The summed E-state index contributed by atoms with van der Waals surface area (Å²) < 4.78 is 5.82. The third kappa shape index (κ3) is 4.83. The Labute approximate surface area is 204 Å². The summed E-state index contributed by atoms with van der Waals surface area (Å²) in [4.78, 5) is 20.4. The molecule has 2 N–H and O–H groups in total. The molecule has 6 nitrogen and oxygen atoms in total. The molecule has 3 aromatic carbocycles. The number of likely N-dealkylation sites (N-methyl/N-ethyl adjacent to an activating group) is 1. The summed E-state index contributed by atoms with van der Waals surface area (Å²) in [5, 5.41) is 13.3. The van der Waals surface area contributed by atoms with Crippen LogP contribution in [-0.4, -0.2) is 60.6 Å². The van der Waals surface area contributed by atoms with E-state index in [4.69, 9.17) is 16.3 Å². The monoisotopic (exact) mass is 479 g/mol. The Morgan fingerprint density at radius 3 is 2.62 bits per heavy atom. The van der Waals surface area contributed by atoms with Crippen molar-refractivity contribution in [1.82, 2.24) is 9.88 Å². The van der Waals surface area contributed by atoms with E-state index < -0.39 is 0 Å². The first-order valence-corrected chi connectivity index (χ1v) is 12.0. The number of H-pyrrole nitrogens is 1. The van der Waals surface area contributed by atoms with Gasteiger partial charge in [0, 0.05) is 41.3 Å². The predicted octanol–water partition coefficient (Wildman–Crippen LogP) is 5.42. The van der Waals surface area contributed by atoms with Crippen LogP contribution in [-0.2, 0) is 6.42 Å². The van der Waals surface area contributed by atoms with Gasteiger partial charge in [-0.15, -0.1) is 11.6 Å². The minimum Gasteiger partial charge on any atom is -0.507 e. The zero-order chi connectivity index (χ0) is 24.2. The molecule has 1 amide bonds. The first-order valence-electron chi connectivity index (χ1n) is 11.4. The smallest absolute Gasteiger partial charge is 0.274 e. The number of aromatic amines is 1. The third-order valence-electron chi connectivity index (χ3n) is 5.86. The lowest BCUT2D eigenvalue weighted by atomic mass is 10.0. The van der Waals surface area contributed by atoms with Crippen LogP contribution in [0.2, 0.25) is 0 Å². The number of fused-ring (bicyclic) bond motifs is 4. The molecule has 1 aliphatic rings. The summed E-state index contributed by atoms with van der Waals surface area (Å²) in [6, 6.07) is 17.2. The minimum absolute atomic E-state index is 0.0975. The van der Waals surface area contributed by atoms with Crippen molar-refractivity contribution in [3.05, 3.63) is 65.9 Å². The van der Waals surface area contributed by atoms with E-state index >= 15 is 0 Å². The first-order chi connectivity index (χ1) is 16.4. The Morgan fingerprint density at radius 2 is 1.88 bits per heavy atom. The van der Waals surface area contributed by atoms with E-state index in [0.29, 0.717) is 18.8 Å². The van der Waals surface area contributed by atoms with Gasteiger partial charge in [-0.05, 0) is 55.7 Å². The summed E-state index contributed by atoms with van der Waals surface area (Å²) in [6.07, 6.45) is 0.770. The molecule has 0 spiro atoms. The fourth-order valence-electron chi connectivity index (χ4n) is 4.27. The summed E-state index contributed by atoms with van der Waals surface area (Å²) in [6.45, 7) is 3.93. The number of nitrogens with one attached hydrogen (secondary N) is 1. The largest absolute Gasteiger partial charge is 0.507 e. The van der Waals surface area contributed by atoms with E-state index in [1.54, 1.807) is 11.0 Å². The number of alkyl halides is 1. The quantitative estimate of drug-likeness (QED) is 0.375. The molecule has 1 aliphatic heterocycles. The van der Waals surface area contributed by atoms with E-state index in [-0.39, 0.29) is 11.7 Å². The Hall–Kier alpha value is -3.22. The SMILES string of the molecule is CCCl.CN(C)CCOc1ccc2[nH]c(C(=O)N3CCc4c3cc(O)c3ccccc43)cc2c1. The summed E-state index contributed by atoms with van der Waals surface area (Å²) >= 11 is 5.00. The van der Waals surface area contributed by atoms with Crippen LogP contribution in [0, 0.1) is 0 Å². The molecule has 1 aromatic heterocycles. The van der Waals surface area contributed by atoms with E-state index in [9.17, 15) is 9.90 Å². The lowest BCUT2D eigenvalue weighted by Crippen LogP contribution is -2.29. The van der Waals surface area contributed by atoms with Gasteiger partial charge < -0.3 is 24.6 Å². The third-order valence-corrected chi connectivity index (χ3v) is 5.86.